The number of amides is 1. The second-order valence-electron chi connectivity index (χ2n) is 13.0. The highest BCUT2D eigenvalue weighted by Gasteiger charge is 2.27. The number of phosphoric ester groups is 1. The van der Waals surface area contributed by atoms with E-state index >= 15 is 0 Å². The van der Waals surface area contributed by atoms with Crippen molar-refractivity contribution in [2.75, 3.05) is 19.8 Å². The largest absolute Gasteiger partial charge is 0.472 e. The van der Waals surface area contributed by atoms with Crippen molar-refractivity contribution in [3.8, 4) is 0 Å². The van der Waals surface area contributed by atoms with E-state index in [1.807, 2.05) is 6.08 Å². The Morgan fingerprint density at radius 1 is 0.723 bits per heavy atom. The van der Waals surface area contributed by atoms with E-state index in [0.29, 0.717) is 12.8 Å². The number of nitrogens with two attached hydrogens (primary N) is 1. The van der Waals surface area contributed by atoms with Crippen LogP contribution in [0.25, 0.3) is 0 Å². The number of aliphatic hydroxyl groups excluding tert-OH is 2. The summed E-state index contributed by atoms with van der Waals surface area (Å²) in [5.74, 6) is -0.457. The fourth-order valence-corrected chi connectivity index (χ4v) is 6.19. The van der Waals surface area contributed by atoms with Gasteiger partial charge < -0.3 is 26.2 Å². The Hall–Kier alpha value is -1.06. The number of carbonyl (C=O) groups is 1. The average molecular weight is 689 g/mol. The number of nitrogens with one attached hydrogen (secondary N) is 1. The Kier molecular flexibility index (Phi) is 32.7. The predicted molar refractivity (Wildman–Crippen MR) is 195 cm³/mol. The summed E-state index contributed by atoms with van der Waals surface area (Å²) in [5, 5.41) is 23.9. The molecule has 0 aliphatic rings. The van der Waals surface area contributed by atoms with Gasteiger partial charge in [0.05, 0.1) is 37.9 Å². The van der Waals surface area contributed by atoms with Crippen LogP contribution >= 0.6 is 7.82 Å². The smallest absolute Gasteiger partial charge is 0.393 e. The maximum atomic E-state index is 12.7. The van der Waals surface area contributed by atoms with Crippen LogP contribution in [0.15, 0.2) is 24.3 Å². The highest BCUT2D eigenvalue weighted by Crippen LogP contribution is 2.43. The molecule has 0 heterocycles. The van der Waals surface area contributed by atoms with Crippen LogP contribution in [-0.4, -0.2) is 59.0 Å². The normalized spacial score (nSPS) is 15.3. The van der Waals surface area contributed by atoms with Crippen LogP contribution in [0.1, 0.15) is 168 Å². The first-order chi connectivity index (χ1) is 22.8. The zero-order valence-electron chi connectivity index (χ0n) is 30.1. The molecule has 9 nitrogen and oxygen atoms in total. The molecule has 4 unspecified atom stereocenters. The van der Waals surface area contributed by atoms with Crippen molar-refractivity contribution in [2.45, 2.75) is 186 Å². The molecule has 0 radical (unpaired) electrons. The summed E-state index contributed by atoms with van der Waals surface area (Å²) in [5.41, 5.74) is 5.34. The Labute approximate surface area is 288 Å². The van der Waals surface area contributed by atoms with Crippen LogP contribution in [0.4, 0.5) is 0 Å². The number of hydrogen-bond acceptors (Lipinski definition) is 7. The lowest BCUT2D eigenvalue weighted by atomic mass is 10.0. The van der Waals surface area contributed by atoms with Gasteiger partial charge in [-0.05, 0) is 32.1 Å². The number of rotatable bonds is 35. The van der Waals surface area contributed by atoms with Crippen LogP contribution in [0, 0.1) is 0 Å². The molecule has 1 amide bonds. The Balaban J connectivity index is 4.50. The van der Waals surface area contributed by atoms with E-state index in [4.69, 9.17) is 14.8 Å². The molecule has 0 aromatic carbocycles. The molecular weight excluding hydrogens is 615 g/mol. The second kappa shape index (κ2) is 33.4. The molecule has 0 aromatic heterocycles. The molecule has 0 fully saturated rings. The monoisotopic (exact) mass is 689 g/mol. The zero-order chi connectivity index (χ0) is 34.9. The fraction of sp³-hybridized carbons (Fsp3) is 0.865. The third kappa shape index (κ3) is 31.9. The van der Waals surface area contributed by atoms with Crippen molar-refractivity contribution in [1.29, 1.82) is 0 Å². The molecule has 0 saturated heterocycles. The number of unbranched alkanes of at least 4 members (excludes halogenated alkanes) is 19. The maximum absolute atomic E-state index is 12.7. The highest BCUT2D eigenvalue weighted by molar-refractivity contribution is 7.47. The lowest BCUT2D eigenvalue weighted by molar-refractivity contribution is -0.124. The van der Waals surface area contributed by atoms with Gasteiger partial charge in [-0.15, -0.1) is 0 Å². The van der Waals surface area contributed by atoms with Gasteiger partial charge in [-0.2, -0.15) is 0 Å². The minimum Gasteiger partial charge on any atom is -0.393 e. The topological polar surface area (TPSA) is 151 Å². The summed E-state index contributed by atoms with van der Waals surface area (Å²) in [4.78, 5) is 22.6. The predicted octanol–water partition coefficient (Wildman–Crippen LogP) is 8.80. The van der Waals surface area contributed by atoms with E-state index in [2.05, 4.69) is 31.3 Å². The first-order valence-electron chi connectivity index (χ1n) is 19.0. The summed E-state index contributed by atoms with van der Waals surface area (Å²) in [6, 6.07) is -0.993. The molecular formula is C37H73N2O7P. The zero-order valence-corrected chi connectivity index (χ0v) is 31.0. The number of phosphoric acid groups is 1. The third-order valence-electron chi connectivity index (χ3n) is 8.33. The minimum atomic E-state index is -4.40. The summed E-state index contributed by atoms with van der Waals surface area (Å²) in [6.45, 7) is 3.92. The summed E-state index contributed by atoms with van der Waals surface area (Å²) < 4.78 is 22.0. The first kappa shape index (κ1) is 45.9. The van der Waals surface area contributed by atoms with E-state index < -0.39 is 38.6 Å². The van der Waals surface area contributed by atoms with Crippen LogP contribution in [0.2, 0.25) is 0 Å². The number of aliphatic hydroxyl groups is 2. The van der Waals surface area contributed by atoms with Gasteiger partial charge >= 0.3 is 7.82 Å². The van der Waals surface area contributed by atoms with E-state index in [9.17, 15) is 24.5 Å². The molecule has 6 N–H and O–H groups in total. The molecule has 0 aromatic rings. The van der Waals surface area contributed by atoms with Crippen molar-refractivity contribution < 1.29 is 33.5 Å². The van der Waals surface area contributed by atoms with Gasteiger partial charge in [0.15, 0.2) is 0 Å². The van der Waals surface area contributed by atoms with Gasteiger partial charge in [-0.3, -0.25) is 13.8 Å². The fourth-order valence-electron chi connectivity index (χ4n) is 5.43. The number of carbonyl (C=O) groups excluding carboxylic acids is 1. The van der Waals surface area contributed by atoms with Crippen molar-refractivity contribution >= 4 is 13.7 Å². The molecule has 0 spiro atoms. The van der Waals surface area contributed by atoms with Gasteiger partial charge in [0.25, 0.3) is 0 Å². The molecule has 0 aliphatic heterocycles. The van der Waals surface area contributed by atoms with Crippen LogP contribution in [-0.2, 0) is 18.4 Å². The van der Waals surface area contributed by atoms with Gasteiger partial charge in [-0.1, -0.05) is 154 Å². The first-order valence-corrected chi connectivity index (χ1v) is 20.5. The van der Waals surface area contributed by atoms with Gasteiger partial charge in [0.1, 0.15) is 0 Å². The summed E-state index contributed by atoms with van der Waals surface area (Å²) in [7, 11) is -4.40. The Bertz CT molecular complexity index is 812. The van der Waals surface area contributed by atoms with Crippen molar-refractivity contribution in [3.05, 3.63) is 24.3 Å². The van der Waals surface area contributed by atoms with E-state index in [-0.39, 0.29) is 19.6 Å². The molecule has 0 saturated carbocycles. The number of allylic oxidation sites excluding steroid dienone is 3. The van der Waals surface area contributed by atoms with E-state index in [0.717, 1.165) is 32.1 Å². The molecule has 0 rings (SSSR count). The van der Waals surface area contributed by atoms with Gasteiger partial charge in [0.2, 0.25) is 5.91 Å². The number of hydrogen-bond donors (Lipinski definition) is 5. The van der Waals surface area contributed by atoms with Crippen molar-refractivity contribution in [1.82, 2.24) is 5.32 Å². The average Bonchev–Trinajstić information content (AvgIpc) is 3.04. The highest BCUT2D eigenvalue weighted by atomic mass is 31.2. The van der Waals surface area contributed by atoms with Crippen molar-refractivity contribution in [3.63, 3.8) is 0 Å². The molecule has 10 heteroatoms. The Morgan fingerprint density at radius 2 is 1.21 bits per heavy atom. The second-order valence-corrected chi connectivity index (χ2v) is 14.4. The lowest BCUT2D eigenvalue weighted by Gasteiger charge is -2.24. The SMILES string of the molecule is CCCCCCCCCC/C=C/CC/C=C/C(O)C(COP(=O)(O)OCCN)NC(=O)CC(O)CCCCCCCCCCCCC. The quantitative estimate of drug-likeness (QED) is 0.0252. The summed E-state index contributed by atoms with van der Waals surface area (Å²) in [6.07, 6.45) is 32.6. The lowest BCUT2D eigenvalue weighted by Crippen LogP contribution is -2.46. The minimum absolute atomic E-state index is 0.0457. The maximum Gasteiger partial charge on any atom is 0.472 e. The van der Waals surface area contributed by atoms with Crippen LogP contribution in [0.3, 0.4) is 0 Å². The van der Waals surface area contributed by atoms with Crippen LogP contribution < -0.4 is 11.1 Å². The molecule has 0 aliphatic carbocycles. The standard InChI is InChI=1S/C37H73N2O7P/c1-3-5-7-9-11-13-15-16-17-19-21-23-25-27-29-36(41)35(33-46-47(43,44)45-31-30-38)39-37(42)32-34(40)28-26-24-22-20-18-14-12-10-8-6-4-2/h19,21,27,29,34-36,40-41H,3-18,20,22-26,28,30-33,38H2,1-2H3,(H,39,42)(H,43,44)/b21-19+,29-27+. The third-order valence-corrected chi connectivity index (χ3v) is 9.32. The van der Waals surface area contributed by atoms with Gasteiger partial charge in [-0.25, -0.2) is 4.57 Å². The van der Waals surface area contributed by atoms with E-state index in [1.54, 1.807) is 6.08 Å². The molecule has 4 atom stereocenters. The van der Waals surface area contributed by atoms with Crippen molar-refractivity contribution in [2.24, 2.45) is 5.73 Å². The molecule has 278 valence electrons. The summed E-state index contributed by atoms with van der Waals surface area (Å²) >= 11 is 0. The molecule has 0 bridgehead atoms. The van der Waals surface area contributed by atoms with Crippen LogP contribution in [0.5, 0.6) is 0 Å². The Morgan fingerprint density at radius 3 is 1.77 bits per heavy atom. The molecule has 47 heavy (non-hydrogen) atoms. The van der Waals surface area contributed by atoms with E-state index in [1.165, 1.54) is 103 Å². The van der Waals surface area contributed by atoms with Gasteiger partial charge in [0, 0.05) is 6.54 Å².